The molecule has 0 aliphatic rings. The van der Waals surface area contributed by atoms with Crippen LogP contribution in [0.4, 0.5) is 0 Å². The number of rotatable bonds is 3. The summed E-state index contributed by atoms with van der Waals surface area (Å²) in [5.41, 5.74) is 1.28. The second-order valence-electron chi connectivity index (χ2n) is 4.99. The summed E-state index contributed by atoms with van der Waals surface area (Å²) in [5, 5.41) is 0. The molecule has 0 spiro atoms. The summed E-state index contributed by atoms with van der Waals surface area (Å²) >= 11 is 0. The second-order valence-corrected chi connectivity index (χ2v) is 4.99. The van der Waals surface area contributed by atoms with Crippen LogP contribution in [0, 0.1) is 0 Å². The van der Waals surface area contributed by atoms with Crippen LogP contribution < -0.4 is 4.57 Å². The van der Waals surface area contributed by atoms with E-state index in [9.17, 15) is 0 Å². The molecule has 0 aliphatic heterocycles. The number of benzene rings is 1. The Kier molecular flexibility index (Phi) is 3.32. The molecular formula is C15H21N2+. The molecule has 0 radical (unpaired) electrons. The monoisotopic (exact) mass is 229 g/mol. The van der Waals surface area contributed by atoms with Gasteiger partial charge < -0.3 is 0 Å². The molecule has 1 heterocycles. The molecular weight excluding hydrogens is 208 g/mol. The van der Waals surface area contributed by atoms with Gasteiger partial charge in [0.25, 0.3) is 5.82 Å². The lowest BCUT2D eigenvalue weighted by atomic mass is 10.2. The molecule has 0 unspecified atom stereocenters. The van der Waals surface area contributed by atoms with E-state index in [1.54, 1.807) is 0 Å². The molecule has 1 aromatic carbocycles. The maximum Gasteiger partial charge on any atom is 0.289 e. The van der Waals surface area contributed by atoms with Crippen LogP contribution in [0.3, 0.4) is 0 Å². The van der Waals surface area contributed by atoms with Crippen LogP contribution in [0.1, 0.15) is 39.8 Å². The highest BCUT2D eigenvalue weighted by molar-refractivity contribution is 5.52. The molecule has 2 rings (SSSR count). The summed E-state index contributed by atoms with van der Waals surface area (Å²) in [6.45, 7) is 8.88. The Labute approximate surface area is 104 Å². The van der Waals surface area contributed by atoms with Crippen molar-refractivity contribution in [3.8, 4) is 11.4 Å². The molecule has 0 saturated carbocycles. The van der Waals surface area contributed by atoms with Crippen molar-refractivity contribution in [3.63, 3.8) is 0 Å². The molecule has 0 fully saturated rings. The van der Waals surface area contributed by atoms with E-state index in [4.69, 9.17) is 0 Å². The van der Waals surface area contributed by atoms with Gasteiger partial charge in [-0.1, -0.05) is 18.2 Å². The van der Waals surface area contributed by atoms with Crippen LogP contribution in [0.5, 0.6) is 0 Å². The van der Waals surface area contributed by atoms with Crippen LogP contribution >= 0.6 is 0 Å². The van der Waals surface area contributed by atoms with Gasteiger partial charge in [-0.3, -0.25) is 0 Å². The molecule has 0 aliphatic carbocycles. The van der Waals surface area contributed by atoms with Crippen LogP contribution in [0.2, 0.25) is 0 Å². The number of aromatic nitrogens is 2. The average Bonchev–Trinajstić information content (AvgIpc) is 2.74. The summed E-state index contributed by atoms with van der Waals surface area (Å²) < 4.78 is 4.66. The van der Waals surface area contributed by atoms with Crippen LogP contribution in [-0.2, 0) is 0 Å². The second kappa shape index (κ2) is 4.74. The number of imidazole rings is 1. The first kappa shape index (κ1) is 11.9. The van der Waals surface area contributed by atoms with Crippen LogP contribution in [0.25, 0.3) is 11.4 Å². The molecule has 0 atom stereocenters. The molecule has 0 N–H and O–H groups in total. The van der Waals surface area contributed by atoms with Gasteiger partial charge in [0.1, 0.15) is 12.4 Å². The van der Waals surface area contributed by atoms with Gasteiger partial charge in [-0.25, -0.2) is 9.13 Å². The van der Waals surface area contributed by atoms with Gasteiger partial charge in [0.05, 0.1) is 17.6 Å². The SMILES string of the molecule is CC(C)n1cc[n+](C(C)C)c1-c1ccccc1. The molecule has 0 saturated heterocycles. The lowest BCUT2D eigenvalue weighted by Gasteiger charge is -2.09. The predicted octanol–water partition coefficient (Wildman–Crippen LogP) is 3.60. The number of nitrogens with zero attached hydrogens (tertiary/aromatic N) is 2. The zero-order chi connectivity index (χ0) is 12.4. The van der Waals surface area contributed by atoms with Crippen molar-refractivity contribution in [2.75, 3.05) is 0 Å². The first-order chi connectivity index (χ1) is 8.11. The first-order valence-electron chi connectivity index (χ1n) is 6.28. The minimum absolute atomic E-state index is 0.477. The van der Waals surface area contributed by atoms with Gasteiger partial charge >= 0.3 is 0 Å². The van der Waals surface area contributed by atoms with Crippen molar-refractivity contribution in [1.29, 1.82) is 0 Å². The van der Waals surface area contributed by atoms with E-state index in [2.05, 4.69) is 79.6 Å². The Hall–Kier alpha value is -1.57. The highest BCUT2D eigenvalue weighted by Gasteiger charge is 2.22. The number of hydrogen-bond acceptors (Lipinski definition) is 0. The largest absolute Gasteiger partial charge is 0.289 e. The fourth-order valence-electron chi connectivity index (χ4n) is 2.14. The van der Waals surface area contributed by atoms with E-state index in [0.29, 0.717) is 12.1 Å². The third-order valence-corrected chi connectivity index (χ3v) is 3.02. The molecule has 17 heavy (non-hydrogen) atoms. The summed E-state index contributed by atoms with van der Waals surface area (Å²) in [7, 11) is 0. The summed E-state index contributed by atoms with van der Waals surface area (Å²) in [5.74, 6) is 1.29. The molecule has 0 bridgehead atoms. The van der Waals surface area contributed by atoms with Crippen molar-refractivity contribution in [1.82, 2.24) is 4.57 Å². The highest BCUT2D eigenvalue weighted by atomic mass is 15.2. The predicted molar refractivity (Wildman–Crippen MR) is 70.8 cm³/mol. The summed E-state index contributed by atoms with van der Waals surface area (Å²) in [4.78, 5) is 0. The third-order valence-electron chi connectivity index (χ3n) is 3.02. The Morgan fingerprint density at radius 1 is 1.00 bits per heavy atom. The minimum atomic E-state index is 0.477. The molecule has 1 aromatic heterocycles. The topological polar surface area (TPSA) is 8.81 Å². The minimum Gasteiger partial charge on any atom is -0.228 e. The van der Waals surface area contributed by atoms with Crippen molar-refractivity contribution in [3.05, 3.63) is 42.7 Å². The van der Waals surface area contributed by atoms with E-state index in [-0.39, 0.29) is 0 Å². The van der Waals surface area contributed by atoms with Crippen molar-refractivity contribution in [2.45, 2.75) is 39.8 Å². The smallest absolute Gasteiger partial charge is 0.228 e. The normalized spacial score (nSPS) is 11.4. The third kappa shape index (κ3) is 2.26. The van der Waals surface area contributed by atoms with Gasteiger partial charge in [-0.05, 0) is 39.8 Å². The molecule has 2 heteroatoms. The van der Waals surface area contributed by atoms with Crippen LogP contribution in [-0.4, -0.2) is 4.57 Å². The quantitative estimate of drug-likeness (QED) is 0.711. The average molecular weight is 229 g/mol. The summed E-state index contributed by atoms with van der Waals surface area (Å²) in [6.07, 6.45) is 4.35. The molecule has 90 valence electrons. The lowest BCUT2D eigenvalue weighted by Crippen LogP contribution is -2.37. The van der Waals surface area contributed by atoms with E-state index >= 15 is 0 Å². The van der Waals surface area contributed by atoms with E-state index in [1.165, 1.54) is 11.4 Å². The van der Waals surface area contributed by atoms with Crippen molar-refractivity contribution >= 4 is 0 Å². The Morgan fingerprint density at radius 2 is 1.65 bits per heavy atom. The van der Waals surface area contributed by atoms with Crippen LogP contribution in [0.15, 0.2) is 42.7 Å². The van der Waals surface area contributed by atoms with Gasteiger partial charge in [-0.2, -0.15) is 0 Å². The zero-order valence-electron chi connectivity index (χ0n) is 11.1. The fourth-order valence-corrected chi connectivity index (χ4v) is 2.14. The Balaban J connectivity index is 2.60. The standard InChI is InChI=1S/C15H21N2/c1-12(2)16-10-11-17(13(3)4)15(16)14-8-6-5-7-9-14/h5-13H,1-4H3/q+1. The zero-order valence-corrected chi connectivity index (χ0v) is 11.1. The molecule has 2 aromatic rings. The van der Waals surface area contributed by atoms with E-state index < -0.39 is 0 Å². The van der Waals surface area contributed by atoms with Gasteiger partial charge in [0.15, 0.2) is 0 Å². The van der Waals surface area contributed by atoms with E-state index in [0.717, 1.165) is 0 Å². The van der Waals surface area contributed by atoms with Crippen molar-refractivity contribution in [2.24, 2.45) is 0 Å². The maximum absolute atomic E-state index is 2.33. The van der Waals surface area contributed by atoms with Gasteiger partial charge in [-0.15, -0.1) is 0 Å². The number of hydrogen-bond donors (Lipinski definition) is 0. The Morgan fingerprint density at radius 3 is 2.18 bits per heavy atom. The Bertz CT molecular complexity index is 455. The fraction of sp³-hybridized carbons (Fsp3) is 0.400. The maximum atomic E-state index is 2.33. The van der Waals surface area contributed by atoms with Crippen molar-refractivity contribution < 1.29 is 4.57 Å². The molecule has 0 amide bonds. The summed E-state index contributed by atoms with van der Waals surface area (Å²) in [6, 6.07) is 11.6. The van der Waals surface area contributed by atoms with E-state index in [1.807, 2.05) is 0 Å². The highest BCUT2D eigenvalue weighted by Crippen LogP contribution is 2.20. The first-order valence-corrected chi connectivity index (χ1v) is 6.28. The molecule has 2 nitrogen and oxygen atoms in total. The lowest BCUT2D eigenvalue weighted by molar-refractivity contribution is -0.705. The van der Waals surface area contributed by atoms with Gasteiger partial charge in [0.2, 0.25) is 0 Å². The van der Waals surface area contributed by atoms with Gasteiger partial charge in [0, 0.05) is 0 Å².